The van der Waals surface area contributed by atoms with Gasteiger partial charge in [-0.25, -0.2) is 9.97 Å². The van der Waals surface area contributed by atoms with E-state index in [-0.39, 0.29) is 18.0 Å². The Kier molecular flexibility index (Phi) is 5.03. The van der Waals surface area contributed by atoms with Crippen molar-refractivity contribution in [3.05, 3.63) is 18.0 Å². The molecule has 0 aliphatic carbocycles. The zero-order chi connectivity index (χ0) is 15.5. The second-order valence-electron chi connectivity index (χ2n) is 5.34. The fourth-order valence-electron chi connectivity index (χ4n) is 2.83. The number of halogens is 3. The molecule has 21 heavy (non-hydrogen) atoms. The largest absolute Gasteiger partial charge is 0.433 e. The lowest BCUT2D eigenvalue weighted by Crippen LogP contribution is -2.51. The molecule has 1 aliphatic rings. The van der Waals surface area contributed by atoms with Gasteiger partial charge in [0.2, 0.25) is 5.95 Å². The third kappa shape index (κ3) is 3.84. The van der Waals surface area contributed by atoms with E-state index in [9.17, 15) is 13.2 Å². The number of hydrogen-bond acceptors (Lipinski definition) is 4. The first kappa shape index (κ1) is 16.0. The van der Waals surface area contributed by atoms with Crippen LogP contribution in [0, 0.1) is 0 Å². The van der Waals surface area contributed by atoms with Gasteiger partial charge in [0.1, 0.15) is 5.69 Å². The zero-order valence-electron chi connectivity index (χ0n) is 12.3. The van der Waals surface area contributed by atoms with Crippen LogP contribution in [0.2, 0.25) is 0 Å². The van der Waals surface area contributed by atoms with Crippen LogP contribution in [0.25, 0.3) is 0 Å². The van der Waals surface area contributed by atoms with Crippen molar-refractivity contribution in [2.45, 2.75) is 51.4 Å². The Hall–Kier alpha value is -1.37. The van der Waals surface area contributed by atoms with Crippen LogP contribution in [0.1, 0.15) is 38.8 Å². The fraction of sp³-hybridized carbons (Fsp3) is 0.714. The highest BCUT2D eigenvalue weighted by Gasteiger charge is 2.35. The molecule has 0 saturated carbocycles. The molecule has 2 unspecified atom stereocenters. The van der Waals surface area contributed by atoms with Gasteiger partial charge in [-0.1, -0.05) is 6.92 Å². The molecule has 1 fully saturated rings. The molecule has 2 rings (SSSR count). The molecule has 7 heteroatoms. The van der Waals surface area contributed by atoms with Crippen molar-refractivity contribution >= 4 is 5.95 Å². The molecular weight excluding hydrogens is 281 g/mol. The zero-order valence-corrected chi connectivity index (χ0v) is 12.3. The Bertz CT molecular complexity index is 464. The summed E-state index contributed by atoms with van der Waals surface area (Å²) >= 11 is 0. The van der Waals surface area contributed by atoms with Crippen molar-refractivity contribution in [3.63, 3.8) is 0 Å². The molecule has 0 radical (unpaired) electrons. The summed E-state index contributed by atoms with van der Waals surface area (Å²) in [6, 6.07) is 1.23. The van der Waals surface area contributed by atoms with Gasteiger partial charge >= 0.3 is 6.18 Å². The number of nitrogens with zero attached hydrogens (tertiary/aromatic N) is 3. The second-order valence-corrected chi connectivity index (χ2v) is 5.34. The van der Waals surface area contributed by atoms with Crippen LogP contribution in [0.15, 0.2) is 12.3 Å². The quantitative estimate of drug-likeness (QED) is 0.928. The molecule has 1 N–H and O–H groups in total. The number of nitrogens with one attached hydrogen (secondary N) is 1. The predicted molar refractivity (Wildman–Crippen MR) is 75.2 cm³/mol. The summed E-state index contributed by atoms with van der Waals surface area (Å²) in [6.45, 7) is 5.60. The SMILES string of the molecule is CCNC(C)C1CCCCN1c1nccc(C(F)(F)F)n1. The smallest absolute Gasteiger partial charge is 0.336 e. The third-order valence-electron chi connectivity index (χ3n) is 3.84. The van der Waals surface area contributed by atoms with Crippen molar-refractivity contribution in [2.24, 2.45) is 0 Å². The van der Waals surface area contributed by atoms with Crippen molar-refractivity contribution < 1.29 is 13.2 Å². The lowest BCUT2D eigenvalue weighted by atomic mass is 9.97. The van der Waals surface area contributed by atoms with Crippen LogP contribution in [-0.2, 0) is 6.18 Å². The topological polar surface area (TPSA) is 41.0 Å². The predicted octanol–water partition coefficient (Wildman–Crippen LogP) is 2.85. The molecule has 0 bridgehead atoms. The van der Waals surface area contributed by atoms with Crippen LogP contribution in [-0.4, -0.2) is 35.1 Å². The summed E-state index contributed by atoms with van der Waals surface area (Å²) in [6.07, 6.45) is -0.274. The van der Waals surface area contributed by atoms with Gasteiger partial charge in [0.05, 0.1) is 0 Å². The molecule has 4 nitrogen and oxygen atoms in total. The Morgan fingerprint density at radius 2 is 2.19 bits per heavy atom. The van der Waals surface area contributed by atoms with Crippen molar-refractivity contribution in [2.75, 3.05) is 18.0 Å². The van der Waals surface area contributed by atoms with Crippen LogP contribution in [0.3, 0.4) is 0 Å². The number of alkyl halides is 3. The number of anilines is 1. The minimum Gasteiger partial charge on any atom is -0.336 e. The van der Waals surface area contributed by atoms with Gasteiger partial charge < -0.3 is 10.2 Å². The summed E-state index contributed by atoms with van der Waals surface area (Å²) < 4.78 is 38.4. The van der Waals surface area contributed by atoms with E-state index in [4.69, 9.17) is 0 Å². The first-order valence-corrected chi connectivity index (χ1v) is 7.33. The van der Waals surface area contributed by atoms with E-state index in [2.05, 4.69) is 22.2 Å². The minimum atomic E-state index is -4.43. The number of rotatable bonds is 4. The minimum absolute atomic E-state index is 0.127. The van der Waals surface area contributed by atoms with Crippen molar-refractivity contribution in [1.82, 2.24) is 15.3 Å². The number of hydrogen-bond donors (Lipinski definition) is 1. The Morgan fingerprint density at radius 1 is 1.43 bits per heavy atom. The van der Waals surface area contributed by atoms with E-state index in [1.165, 1.54) is 6.20 Å². The molecule has 0 aromatic carbocycles. The molecule has 1 aromatic heterocycles. The van der Waals surface area contributed by atoms with Crippen molar-refractivity contribution in [3.8, 4) is 0 Å². The monoisotopic (exact) mass is 302 g/mol. The molecule has 0 amide bonds. The molecule has 2 atom stereocenters. The van der Waals surface area contributed by atoms with Gasteiger partial charge in [-0.15, -0.1) is 0 Å². The Balaban J connectivity index is 2.25. The van der Waals surface area contributed by atoms with Gasteiger partial charge in [-0.05, 0) is 38.8 Å². The summed E-state index contributed by atoms with van der Waals surface area (Å²) in [4.78, 5) is 9.69. The highest BCUT2D eigenvalue weighted by atomic mass is 19.4. The Morgan fingerprint density at radius 3 is 2.86 bits per heavy atom. The van der Waals surface area contributed by atoms with Gasteiger partial charge in [-0.2, -0.15) is 13.2 Å². The van der Waals surface area contributed by atoms with E-state index >= 15 is 0 Å². The number of likely N-dealkylation sites (N-methyl/N-ethyl adjacent to an activating group) is 1. The molecule has 2 heterocycles. The molecule has 1 saturated heterocycles. The number of piperidine rings is 1. The summed E-state index contributed by atoms with van der Waals surface area (Å²) in [5.41, 5.74) is -0.882. The molecular formula is C14H21F3N4. The van der Waals surface area contributed by atoms with Crippen LogP contribution < -0.4 is 10.2 Å². The van der Waals surface area contributed by atoms with Gasteiger partial charge in [-0.3, -0.25) is 0 Å². The molecule has 0 spiro atoms. The van der Waals surface area contributed by atoms with E-state index < -0.39 is 11.9 Å². The summed E-state index contributed by atoms with van der Waals surface area (Å²) in [5.74, 6) is 0.180. The lowest BCUT2D eigenvalue weighted by Gasteiger charge is -2.39. The first-order chi connectivity index (χ1) is 9.93. The molecule has 1 aromatic rings. The average molecular weight is 302 g/mol. The van der Waals surface area contributed by atoms with Gasteiger partial charge in [0.15, 0.2) is 0 Å². The van der Waals surface area contributed by atoms with Crippen LogP contribution in [0.5, 0.6) is 0 Å². The average Bonchev–Trinajstić information content (AvgIpc) is 2.47. The maximum atomic E-state index is 12.8. The summed E-state index contributed by atoms with van der Waals surface area (Å²) in [5, 5.41) is 3.34. The fourth-order valence-corrected chi connectivity index (χ4v) is 2.83. The standard InChI is InChI=1S/C14H21F3N4/c1-3-18-10(2)11-6-4-5-9-21(11)13-19-8-7-12(20-13)14(15,16)17/h7-8,10-11,18H,3-6,9H2,1-2H3. The Labute approximate surface area is 122 Å². The third-order valence-corrected chi connectivity index (χ3v) is 3.84. The maximum absolute atomic E-state index is 12.8. The second kappa shape index (κ2) is 6.60. The van der Waals surface area contributed by atoms with Gasteiger partial charge in [0.25, 0.3) is 0 Å². The van der Waals surface area contributed by atoms with E-state index in [0.717, 1.165) is 31.9 Å². The van der Waals surface area contributed by atoms with Gasteiger partial charge in [0, 0.05) is 24.8 Å². The lowest BCUT2D eigenvalue weighted by molar-refractivity contribution is -0.141. The highest BCUT2D eigenvalue weighted by molar-refractivity contribution is 5.34. The van der Waals surface area contributed by atoms with E-state index in [0.29, 0.717) is 6.54 Å². The van der Waals surface area contributed by atoms with E-state index in [1.807, 2.05) is 11.8 Å². The van der Waals surface area contributed by atoms with Crippen molar-refractivity contribution in [1.29, 1.82) is 0 Å². The number of aromatic nitrogens is 2. The highest BCUT2D eigenvalue weighted by Crippen LogP contribution is 2.30. The van der Waals surface area contributed by atoms with Crippen LogP contribution >= 0.6 is 0 Å². The van der Waals surface area contributed by atoms with Crippen LogP contribution in [0.4, 0.5) is 19.1 Å². The molecule has 1 aliphatic heterocycles. The normalized spacial score (nSPS) is 21.4. The van der Waals surface area contributed by atoms with E-state index in [1.54, 1.807) is 0 Å². The first-order valence-electron chi connectivity index (χ1n) is 7.33. The maximum Gasteiger partial charge on any atom is 0.433 e. The molecule has 118 valence electrons. The summed E-state index contributed by atoms with van der Waals surface area (Å²) in [7, 11) is 0.